The average molecular weight is 412 g/mol. The number of aromatic nitrogens is 2. The van der Waals surface area contributed by atoms with Crippen molar-refractivity contribution in [3.63, 3.8) is 0 Å². The lowest BCUT2D eigenvalue weighted by atomic mass is 10.1. The number of benzene rings is 1. The van der Waals surface area contributed by atoms with Crippen LogP contribution in [0.3, 0.4) is 0 Å². The van der Waals surface area contributed by atoms with Crippen LogP contribution in [0.25, 0.3) is 5.57 Å². The monoisotopic (exact) mass is 411 g/mol. The van der Waals surface area contributed by atoms with Crippen LogP contribution in [0.1, 0.15) is 24.6 Å². The number of aryl methyl sites for hydroxylation is 1. The van der Waals surface area contributed by atoms with Crippen LogP contribution in [0.5, 0.6) is 5.75 Å². The fourth-order valence-corrected chi connectivity index (χ4v) is 3.85. The Labute approximate surface area is 177 Å². The Morgan fingerprint density at radius 3 is 2.77 bits per heavy atom. The fourth-order valence-electron chi connectivity index (χ4n) is 3.85. The zero-order chi connectivity index (χ0) is 20.9. The van der Waals surface area contributed by atoms with Gasteiger partial charge in [-0.25, -0.2) is 0 Å². The number of likely N-dealkylation sites (N-methyl/N-ethyl adjacent to an activating group) is 1. The maximum Gasteiger partial charge on any atom is 0.227 e. The number of anilines is 1. The van der Waals surface area contributed by atoms with E-state index in [1.54, 1.807) is 7.11 Å². The maximum atomic E-state index is 12.6. The standard InChI is InChI=1S/C22H29N5O3/c1-25-10-8-17(9-11-25)22-23-20(30-24-22)6-7-21(28)27-14-12-26(13-15-27)18-4-3-5-19(16-18)29-2/h3-5,8,16H,6-7,9-15H2,1-2H3. The summed E-state index contributed by atoms with van der Waals surface area (Å²) in [7, 11) is 3.77. The normalized spacial score (nSPS) is 17.7. The van der Waals surface area contributed by atoms with Crippen LogP contribution in [0.15, 0.2) is 34.9 Å². The number of hydrogen-bond donors (Lipinski definition) is 0. The molecule has 1 aromatic carbocycles. The highest BCUT2D eigenvalue weighted by Crippen LogP contribution is 2.23. The summed E-state index contributed by atoms with van der Waals surface area (Å²) in [5.74, 6) is 2.19. The molecule has 0 atom stereocenters. The van der Waals surface area contributed by atoms with Crippen LogP contribution >= 0.6 is 0 Å². The largest absolute Gasteiger partial charge is 0.497 e. The Bertz CT molecular complexity index is 902. The summed E-state index contributed by atoms with van der Waals surface area (Å²) in [6.07, 6.45) is 3.94. The number of carbonyl (C=O) groups is 1. The summed E-state index contributed by atoms with van der Waals surface area (Å²) < 4.78 is 10.7. The first-order valence-electron chi connectivity index (χ1n) is 10.5. The van der Waals surface area contributed by atoms with Gasteiger partial charge in [-0.05, 0) is 31.2 Å². The average Bonchev–Trinajstić information content (AvgIpc) is 3.27. The van der Waals surface area contributed by atoms with E-state index >= 15 is 0 Å². The lowest BCUT2D eigenvalue weighted by molar-refractivity contribution is -0.131. The zero-order valence-corrected chi connectivity index (χ0v) is 17.7. The van der Waals surface area contributed by atoms with E-state index in [1.165, 1.54) is 0 Å². The van der Waals surface area contributed by atoms with E-state index in [-0.39, 0.29) is 5.91 Å². The van der Waals surface area contributed by atoms with E-state index in [0.717, 1.165) is 49.6 Å². The predicted octanol–water partition coefficient (Wildman–Crippen LogP) is 2.08. The van der Waals surface area contributed by atoms with Crippen molar-refractivity contribution in [2.75, 3.05) is 58.3 Å². The minimum atomic E-state index is 0.138. The molecule has 1 saturated heterocycles. The number of nitrogens with zero attached hydrogens (tertiary/aromatic N) is 5. The molecule has 0 radical (unpaired) electrons. The number of ether oxygens (including phenoxy) is 1. The van der Waals surface area contributed by atoms with Crippen LogP contribution in [0, 0.1) is 0 Å². The fraction of sp³-hybridized carbons (Fsp3) is 0.500. The molecule has 160 valence electrons. The number of rotatable bonds is 6. The molecule has 1 fully saturated rings. The molecule has 0 spiro atoms. The first-order valence-corrected chi connectivity index (χ1v) is 10.5. The summed E-state index contributed by atoms with van der Waals surface area (Å²) >= 11 is 0. The number of hydrogen-bond acceptors (Lipinski definition) is 7. The molecule has 30 heavy (non-hydrogen) atoms. The van der Waals surface area contributed by atoms with Gasteiger partial charge in [0.1, 0.15) is 5.75 Å². The van der Waals surface area contributed by atoms with Crippen LogP contribution < -0.4 is 9.64 Å². The van der Waals surface area contributed by atoms with Gasteiger partial charge >= 0.3 is 0 Å². The van der Waals surface area contributed by atoms with Crippen molar-refractivity contribution in [2.24, 2.45) is 0 Å². The number of methoxy groups -OCH3 is 1. The van der Waals surface area contributed by atoms with Gasteiger partial charge in [0.2, 0.25) is 11.8 Å². The molecule has 8 heteroatoms. The first kappa shape index (κ1) is 20.4. The van der Waals surface area contributed by atoms with Crippen molar-refractivity contribution < 1.29 is 14.1 Å². The number of piperazine rings is 1. The molecule has 2 aliphatic heterocycles. The molecule has 8 nitrogen and oxygen atoms in total. The summed E-state index contributed by atoms with van der Waals surface area (Å²) in [6, 6.07) is 8.04. The van der Waals surface area contributed by atoms with Crippen molar-refractivity contribution in [1.82, 2.24) is 19.9 Å². The van der Waals surface area contributed by atoms with Gasteiger partial charge < -0.3 is 24.0 Å². The second-order valence-corrected chi connectivity index (χ2v) is 7.82. The highest BCUT2D eigenvalue weighted by molar-refractivity contribution is 5.76. The molecule has 4 rings (SSSR count). The summed E-state index contributed by atoms with van der Waals surface area (Å²) in [4.78, 5) is 23.6. The van der Waals surface area contributed by atoms with E-state index in [9.17, 15) is 4.79 Å². The van der Waals surface area contributed by atoms with Gasteiger partial charge in [-0.15, -0.1) is 0 Å². The minimum absolute atomic E-state index is 0.138. The van der Waals surface area contributed by atoms with E-state index in [2.05, 4.69) is 39.1 Å². The van der Waals surface area contributed by atoms with E-state index in [0.29, 0.717) is 37.6 Å². The van der Waals surface area contributed by atoms with Gasteiger partial charge in [-0.2, -0.15) is 4.98 Å². The van der Waals surface area contributed by atoms with E-state index < -0.39 is 0 Å². The summed E-state index contributed by atoms with van der Waals surface area (Å²) in [6.45, 7) is 4.95. The Balaban J connectivity index is 1.25. The molecular weight excluding hydrogens is 382 g/mol. The molecule has 3 heterocycles. The van der Waals surface area contributed by atoms with E-state index in [4.69, 9.17) is 9.26 Å². The van der Waals surface area contributed by atoms with Crippen molar-refractivity contribution in [2.45, 2.75) is 19.3 Å². The smallest absolute Gasteiger partial charge is 0.227 e. The number of carbonyl (C=O) groups excluding carboxylic acids is 1. The lowest BCUT2D eigenvalue weighted by Crippen LogP contribution is -2.48. The molecular formula is C22H29N5O3. The Morgan fingerprint density at radius 2 is 2.03 bits per heavy atom. The van der Waals surface area contributed by atoms with Crippen molar-refractivity contribution in [1.29, 1.82) is 0 Å². The van der Waals surface area contributed by atoms with E-state index in [1.807, 2.05) is 23.1 Å². The molecule has 2 aromatic rings. The third kappa shape index (κ3) is 4.81. The first-order chi connectivity index (χ1) is 14.6. The molecule has 1 aromatic heterocycles. The summed E-state index contributed by atoms with van der Waals surface area (Å²) in [5.41, 5.74) is 2.26. The SMILES string of the molecule is COc1cccc(N2CCN(C(=O)CCc3nc(C4=CCN(C)CC4)no3)CC2)c1. The highest BCUT2D eigenvalue weighted by Gasteiger charge is 2.22. The molecule has 0 N–H and O–H groups in total. The van der Waals surface area contributed by atoms with Gasteiger partial charge in [-0.3, -0.25) is 4.79 Å². The Hall–Kier alpha value is -2.87. The topological polar surface area (TPSA) is 74.9 Å². The van der Waals surface area contributed by atoms with Gasteiger partial charge in [0, 0.05) is 63.9 Å². The van der Waals surface area contributed by atoms with Crippen LogP contribution in [0.2, 0.25) is 0 Å². The second kappa shape index (κ2) is 9.30. The molecule has 0 aliphatic carbocycles. The van der Waals surface area contributed by atoms with Crippen LogP contribution in [-0.2, 0) is 11.2 Å². The molecule has 0 unspecified atom stereocenters. The van der Waals surface area contributed by atoms with Crippen LogP contribution in [0.4, 0.5) is 5.69 Å². The van der Waals surface area contributed by atoms with Gasteiger partial charge in [0.25, 0.3) is 0 Å². The van der Waals surface area contributed by atoms with Crippen molar-refractivity contribution in [3.05, 3.63) is 42.1 Å². The highest BCUT2D eigenvalue weighted by atomic mass is 16.5. The quantitative estimate of drug-likeness (QED) is 0.720. The summed E-state index contributed by atoms with van der Waals surface area (Å²) in [5, 5.41) is 4.10. The Morgan fingerprint density at radius 1 is 1.20 bits per heavy atom. The van der Waals surface area contributed by atoms with Crippen molar-refractivity contribution in [3.8, 4) is 5.75 Å². The van der Waals surface area contributed by atoms with Crippen LogP contribution in [-0.4, -0.2) is 79.3 Å². The third-order valence-corrected chi connectivity index (χ3v) is 5.77. The van der Waals surface area contributed by atoms with Gasteiger partial charge in [0.05, 0.1) is 7.11 Å². The minimum Gasteiger partial charge on any atom is -0.497 e. The van der Waals surface area contributed by atoms with Gasteiger partial charge in [0.15, 0.2) is 5.82 Å². The molecule has 1 amide bonds. The molecule has 0 saturated carbocycles. The predicted molar refractivity (Wildman–Crippen MR) is 114 cm³/mol. The zero-order valence-electron chi connectivity index (χ0n) is 17.7. The van der Waals surface area contributed by atoms with Gasteiger partial charge in [-0.1, -0.05) is 17.3 Å². The Kier molecular flexibility index (Phi) is 6.32. The number of amides is 1. The molecule has 2 aliphatic rings. The third-order valence-electron chi connectivity index (χ3n) is 5.77. The maximum absolute atomic E-state index is 12.6. The lowest BCUT2D eigenvalue weighted by Gasteiger charge is -2.36. The molecule has 0 bridgehead atoms. The van der Waals surface area contributed by atoms with Crippen molar-refractivity contribution >= 4 is 17.2 Å². The second-order valence-electron chi connectivity index (χ2n) is 7.82.